The first-order valence-electron chi connectivity index (χ1n) is 43.0. The van der Waals surface area contributed by atoms with E-state index < -0.39 is 234 Å². The molecule has 6 heterocycles. The van der Waals surface area contributed by atoms with Gasteiger partial charge in [0, 0.05) is 18.5 Å². The lowest BCUT2D eigenvalue weighted by atomic mass is 9.54. The second kappa shape index (κ2) is 39.8. The number of aliphatic hydroxyl groups excluding tert-OH is 9. The van der Waals surface area contributed by atoms with Crippen LogP contribution in [-0.4, -0.2) is 246 Å². The maximum atomic E-state index is 16.5. The van der Waals surface area contributed by atoms with Crippen molar-refractivity contribution >= 4 is 70.5 Å². The van der Waals surface area contributed by atoms with Crippen LogP contribution in [0.3, 0.4) is 0 Å². The number of halogens is 2. The number of carbonyl (C=O) groups is 8. The zero-order chi connectivity index (χ0) is 82.4. The highest BCUT2D eigenvalue weighted by Gasteiger charge is 2.58. The van der Waals surface area contributed by atoms with Crippen LogP contribution in [0.1, 0.15) is 206 Å². The molecule has 15 bridgehead atoms. The lowest BCUT2D eigenvalue weighted by Gasteiger charge is -2.55. The number of benzene rings is 1. The number of primary amides is 1. The Morgan fingerprint density at radius 2 is 1.18 bits per heavy atom. The second-order valence-electron chi connectivity index (χ2n) is 36.1. The Hall–Kier alpha value is -5.52. The molecule has 0 radical (unpaired) electrons. The van der Waals surface area contributed by atoms with E-state index in [1.54, 1.807) is 7.05 Å². The summed E-state index contributed by atoms with van der Waals surface area (Å²) in [6.07, 6.45) is -4.07. The minimum absolute atomic E-state index is 0.00452. The summed E-state index contributed by atoms with van der Waals surface area (Å²) in [5.41, 5.74) is 5.64. The summed E-state index contributed by atoms with van der Waals surface area (Å²) >= 11 is 14.8. The molecule has 646 valence electrons. The molecule has 8 amide bonds. The van der Waals surface area contributed by atoms with Gasteiger partial charge in [-0.15, -0.1) is 23.2 Å². The molecular formula is C82H128Cl2N10O21. The summed E-state index contributed by atoms with van der Waals surface area (Å²) in [5, 5.41) is 133. The number of unbranched alkanes of at least 4 members (excludes halogenated alkanes) is 9. The molecule has 8 aliphatic carbocycles. The molecule has 1 aromatic carbocycles. The van der Waals surface area contributed by atoms with Crippen LogP contribution < -0.4 is 67.8 Å². The van der Waals surface area contributed by atoms with Crippen LogP contribution >= 0.6 is 23.2 Å². The number of fused-ring (bicyclic) bond motifs is 15. The number of hydrogen-bond donors (Lipinski definition) is 19. The Kier molecular flexibility index (Phi) is 30.7. The fraction of sp³-hybridized carbons (Fsp3) is 0.829. The van der Waals surface area contributed by atoms with Gasteiger partial charge in [0.1, 0.15) is 72.9 Å². The van der Waals surface area contributed by atoms with E-state index in [0.717, 1.165) is 64.2 Å². The summed E-state index contributed by atoms with van der Waals surface area (Å²) < 4.78 is 26.3. The molecule has 1 aromatic rings. The highest BCUT2D eigenvalue weighted by molar-refractivity contribution is 6.21. The average Bonchev–Trinajstić information content (AvgIpc) is 0.755. The van der Waals surface area contributed by atoms with Gasteiger partial charge in [0.25, 0.3) is 0 Å². The topological polar surface area (TPSA) is 490 Å². The summed E-state index contributed by atoms with van der Waals surface area (Å²) in [7, 11) is 1.54. The minimum Gasteiger partial charge on any atom is -0.485 e. The fourth-order valence-electron chi connectivity index (χ4n) is 21.6. The first-order valence-corrected chi connectivity index (χ1v) is 43.9. The number of amides is 8. The molecule has 28 atom stereocenters. The molecule has 0 aromatic heterocycles. The van der Waals surface area contributed by atoms with Crippen LogP contribution in [0.4, 0.5) is 0 Å². The van der Waals surface area contributed by atoms with Crippen molar-refractivity contribution in [2.24, 2.45) is 76.7 Å². The molecule has 31 nitrogen and oxygen atoms in total. The van der Waals surface area contributed by atoms with E-state index in [-0.39, 0.29) is 118 Å². The molecular weight excluding hydrogens is 1530 g/mol. The molecule has 0 spiro atoms. The quantitative estimate of drug-likeness (QED) is 0.0483. The molecule has 15 rings (SSSR count). The van der Waals surface area contributed by atoms with Crippen molar-refractivity contribution in [2.75, 3.05) is 26.7 Å². The van der Waals surface area contributed by atoms with Gasteiger partial charge >= 0.3 is 0 Å². The summed E-state index contributed by atoms with van der Waals surface area (Å²) in [5.74, 6) is -14.7. The number of nitrogens with two attached hydrogens (primary N) is 1. The Morgan fingerprint density at radius 1 is 0.591 bits per heavy atom. The largest absolute Gasteiger partial charge is 0.485 e. The minimum atomic E-state index is -2.12. The maximum absolute atomic E-state index is 16.5. The molecule has 5 unspecified atom stereocenters. The molecule has 6 aliphatic heterocycles. The first-order chi connectivity index (χ1) is 55.0. The van der Waals surface area contributed by atoms with E-state index in [2.05, 4.69) is 54.8 Å². The Labute approximate surface area is 683 Å². The zero-order valence-electron chi connectivity index (χ0n) is 66.8. The lowest BCUT2D eigenvalue weighted by molar-refractivity contribution is -0.278. The highest BCUT2D eigenvalue weighted by atomic mass is 35.5. The number of ether oxygens (including phenoxy) is 4. The third-order valence-corrected chi connectivity index (χ3v) is 28.6. The third kappa shape index (κ3) is 20.7. The molecule has 14 aliphatic rings. The van der Waals surface area contributed by atoms with Gasteiger partial charge in [-0.2, -0.15) is 0 Å². The number of alkyl halides is 2. The van der Waals surface area contributed by atoms with E-state index in [4.69, 9.17) is 47.9 Å². The molecule has 20 N–H and O–H groups in total. The SMILES string of the molecule is CCCCCCCCCCCCNCC1C(O)C2C3C[C@H](CC[C@H]3O)[C@H]3NC(=O)[C@@H]4NC(=O)[C@H](CC(N)=O)NC(=O)[C@H](NC(=O)[C@@H](CC(C)C)NC)[C@H](O)[C@H]5CC[C@@H](Oc6cc4cc(c6O[C@@H]4O[C@H](CO)[C@@H](O)[C@H](O)[C@H]4O)O[C@@H]4CC[C@@H](C[C@@H]4Cl)[C@@H](O)[C@H](NC3=O)C(=O)N[C@H](C(=O)NC3C4CC6CC(C4)CC3C6)C2C[C@@H]1O)[C@H](Cl)C5. The highest BCUT2D eigenvalue weighted by Crippen LogP contribution is 2.55. The Morgan fingerprint density at radius 3 is 1.77 bits per heavy atom. The van der Waals surface area contributed by atoms with Crippen molar-refractivity contribution in [1.29, 1.82) is 0 Å². The van der Waals surface area contributed by atoms with Crippen LogP contribution in [0.2, 0.25) is 0 Å². The Balaban J connectivity index is 0.963. The zero-order valence-corrected chi connectivity index (χ0v) is 68.3. The van der Waals surface area contributed by atoms with Gasteiger partial charge in [-0.25, -0.2) is 0 Å². The molecule has 115 heavy (non-hydrogen) atoms. The van der Waals surface area contributed by atoms with Crippen LogP contribution in [0, 0.1) is 71.0 Å². The summed E-state index contributed by atoms with van der Waals surface area (Å²) in [6.45, 7) is 5.81. The van der Waals surface area contributed by atoms with Crippen molar-refractivity contribution in [1.82, 2.24) is 47.9 Å². The van der Waals surface area contributed by atoms with Crippen LogP contribution in [0.5, 0.6) is 17.2 Å². The van der Waals surface area contributed by atoms with Crippen LogP contribution in [0.25, 0.3) is 0 Å². The summed E-state index contributed by atoms with van der Waals surface area (Å²) in [4.78, 5) is 123. The number of hydrogen-bond acceptors (Lipinski definition) is 23. The molecule has 8 saturated carbocycles. The van der Waals surface area contributed by atoms with E-state index in [9.17, 15) is 55.5 Å². The van der Waals surface area contributed by atoms with Gasteiger partial charge in [-0.05, 0) is 206 Å². The van der Waals surface area contributed by atoms with Crippen molar-refractivity contribution < 1.29 is 103 Å². The van der Waals surface area contributed by atoms with Gasteiger partial charge in [0.2, 0.25) is 59.3 Å². The van der Waals surface area contributed by atoms with Gasteiger partial charge in [-0.1, -0.05) is 78.6 Å². The predicted octanol–water partition coefficient (Wildman–Crippen LogP) is 1.23. The number of rotatable bonds is 25. The average molecular weight is 1660 g/mol. The summed E-state index contributed by atoms with van der Waals surface area (Å²) in [6, 6.07) is -9.83. The second-order valence-corrected chi connectivity index (χ2v) is 37.2. The van der Waals surface area contributed by atoms with Gasteiger partial charge in [0.05, 0.1) is 60.3 Å². The third-order valence-electron chi connectivity index (χ3n) is 27.7. The maximum Gasteiger partial charge on any atom is 0.247 e. The normalized spacial score (nSPS) is 40.4. The number of nitrogens with one attached hydrogen (secondary N) is 9. The number of aliphatic hydroxyl groups is 9. The van der Waals surface area contributed by atoms with Crippen molar-refractivity contribution in [3.63, 3.8) is 0 Å². The lowest BCUT2D eigenvalue weighted by Crippen LogP contribution is -2.68. The molecule has 10 fully saturated rings. The Bertz CT molecular complexity index is 3490. The van der Waals surface area contributed by atoms with Gasteiger partial charge in [-0.3, -0.25) is 38.4 Å². The van der Waals surface area contributed by atoms with Crippen molar-refractivity contribution in [3.8, 4) is 17.2 Å². The molecule has 2 saturated heterocycles. The van der Waals surface area contributed by atoms with Crippen LogP contribution in [-0.2, 0) is 43.1 Å². The number of carbonyl (C=O) groups excluding carboxylic acids is 8. The van der Waals surface area contributed by atoms with Crippen molar-refractivity contribution in [3.05, 3.63) is 17.7 Å². The molecule has 33 heteroatoms. The smallest absolute Gasteiger partial charge is 0.247 e. The van der Waals surface area contributed by atoms with Gasteiger partial charge < -0.3 is 118 Å². The predicted molar refractivity (Wildman–Crippen MR) is 420 cm³/mol. The monoisotopic (exact) mass is 1660 g/mol. The van der Waals surface area contributed by atoms with E-state index in [1.807, 2.05) is 13.8 Å². The van der Waals surface area contributed by atoms with Crippen molar-refractivity contribution in [2.45, 2.75) is 327 Å². The van der Waals surface area contributed by atoms with Gasteiger partial charge in [0.15, 0.2) is 11.5 Å². The number of likely N-dealkylation sites (N-methyl/N-ethyl adjacent to an activating group) is 1. The van der Waals surface area contributed by atoms with E-state index >= 15 is 28.8 Å². The fourth-order valence-corrected chi connectivity index (χ4v) is 22.5. The first kappa shape index (κ1) is 88.8. The van der Waals surface area contributed by atoms with E-state index in [1.165, 1.54) is 44.2 Å². The standard InChI is InChI=1S/C82H128Cl2N10O21/c1-5-6-7-8-9-10-11-12-13-14-21-87-35-48-54(97)33-47-61(70(48)101)46-28-40(15-18-53(46)96)63-77(107)94-67(81(111)92-65(47)79(109)89-62-43-24-38-23-39(26-43)27-44(62)25-38)69(100)42-17-20-56(50(84)30-42)113-58-32-45-31-57(74(58)115-82-73(104)72(103)71(102)59(36-95)114-82)112-55-19-16-41(29-49(55)83)68(99)66(93-75(105)51(86-4)22-37(2)3)80(110)88-52(34-60(85)98)76(106)90-64(45)78(108)91-63/h31-32,37-44,46-56,59,61-73,82,86-87,95-97,99-104H,5-30,33-36H2,1-4H3,(H2,85,98)(H,88,110)(H,89,109)(H,90,106)(H,91,108)(H,92,111)(H,93,105)(H,94,107)/t38?,39?,40-,41-,42-,43?,44?,46?,47?,48?,49+,50-,51+,52-,53+,54-,55+,56+,59+,61?,62?,63+,64+,65-,66+,67-,68+,69+,70?,71+,72-,73+,82-/m0/s1. The van der Waals surface area contributed by atoms with Crippen LogP contribution in [0.15, 0.2) is 12.1 Å². The van der Waals surface area contributed by atoms with E-state index in [0.29, 0.717) is 18.4 Å².